The van der Waals surface area contributed by atoms with E-state index in [-0.39, 0.29) is 6.10 Å². The van der Waals surface area contributed by atoms with Crippen molar-refractivity contribution in [3.05, 3.63) is 65.9 Å². The Bertz CT molecular complexity index is 860. The van der Waals surface area contributed by atoms with E-state index >= 15 is 0 Å². The summed E-state index contributed by atoms with van der Waals surface area (Å²) < 4.78 is 10.8. The predicted molar refractivity (Wildman–Crippen MR) is 98.9 cm³/mol. The van der Waals surface area contributed by atoms with Crippen LogP contribution in [0.1, 0.15) is 24.3 Å². The Labute approximate surface area is 151 Å². The van der Waals surface area contributed by atoms with Gasteiger partial charge in [-0.1, -0.05) is 35.5 Å². The molecule has 0 aliphatic carbocycles. The number of rotatable bonds is 4. The summed E-state index contributed by atoms with van der Waals surface area (Å²) in [4.78, 5) is 13.1. The second-order valence-electron chi connectivity index (χ2n) is 5.60. The quantitative estimate of drug-likeness (QED) is 0.628. The van der Waals surface area contributed by atoms with E-state index in [4.69, 9.17) is 9.26 Å². The summed E-state index contributed by atoms with van der Waals surface area (Å²) in [7, 11) is 0. The normalized spacial score (nSPS) is 11.8. The molecule has 0 saturated heterocycles. The van der Waals surface area contributed by atoms with Crippen LogP contribution >= 0.6 is 12.6 Å². The lowest BCUT2D eigenvalue weighted by molar-refractivity contribution is 0.121. The average Bonchev–Trinajstić information content (AvgIpc) is 2.97. The molecule has 1 N–H and O–H groups in total. The number of anilines is 1. The van der Waals surface area contributed by atoms with Crippen molar-refractivity contribution < 1.29 is 14.1 Å². The van der Waals surface area contributed by atoms with Crippen molar-refractivity contribution in [3.63, 3.8) is 0 Å². The second kappa shape index (κ2) is 7.44. The summed E-state index contributed by atoms with van der Waals surface area (Å²) in [6.45, 7) is 3.58. The SMILES string of the molecule is Cc1noc(-c2ccc(S)cc2)c1NC(=O)O[C@H](C)c1ccccc1. The maximum Gasteiger partial charge on any atom is 0.412 e. The first kappa shape index (κ1) is 17.1. The van der Waals surface area contributed by atoms with Gasteiger partial charge in [0.1, 0.15) is 17.5 Å². The van der Waals surface area contributed by atoms with Crippen molar-refractivity contribution in [2.24, 2.45) is 0 Å². The average molecular weight is 354 g/mol. The minimum Gasteiger partial charge on any atom is -0.441 e. The number of hydrogen-bond acceptors (Lipinski definition) is 5. The van der Waals surface area contributed by atoms with Crippen molar-refractivity contribution in [1.82, 2.24) is 5.16 Å². The first-order valence-corrected chi connectivity index (χ1v) is 8.27. The smallest absolute Gasteiger partial charge is 0.412 e. The van der Waals surface area contributed by atoms with Crippen molar-refractivity contribution in [3.8, 4) is 11.3 Å². The number of thiol groups is 1. The molecule has 6 heteroatoms. The number of carbonyl (C=O) groups is 1. The first-order chi connectivity index (χ1) is 12.0. The Morgan fingerprint density at radius 2 is 1.84 bits per heavy atom. The molecule has 0 aliphatic heterocycles. The van der Waals surface area contributed by atoms with Crippen LogP contribution in [-0.2, 0) is 4.74 Å². The molecule has 3 rings (SSSR count). The van der Waals surface area contributed by atoms with E-state index in [9.17, 15) is 4.79 Å². The third kappa shape index (κ3) is 4.03. The van der Waals surface area contributed by atoms with E-state index < -0.39 is 6.09 Å². The first-order valence-electron chi connectivity index (χ1n) is 7.83. The molecule has 25 heavy (non-hydrogen) atoms. The summed E-state index contributed by atoms with van der Waals surface area (Å²) in [6, 6.07) is 16.9. The largest absolute Gasteiger partial charge is 0.441 e. The van der Waals surface area contributed by atoms with Crippen LogP contribution in [0.3, 0.4) is 0 Å². The fraction of sp³-hybridized carbons (Fsp3) is 0.158. The molecular weight excluding hydrogens is 336 g/mol. The van der Waals surface area contributed by atoms with Crippen molar-refractivity contribution in [2.75, 3.05) is 5.32 Å². The van der Waals surface area contributed by atoms with Gasteiger partial charge in [-0.2, -0.15) is 0 Å². The van der Waals surface area contributed by atoms with Gasteiger partial charge in [-0.15, -0.1) is 12.6 Å². The van der Waals surface area contributed by atoms with Crippen LogP contribution in [0.15, 0.2) is 64.0 Å². The van der Waals surface area contributed by atoms with Gasteiger partial charge < -0.3 is 9.26 Å². The third-order valence-corrected chi connectivity index (χ3v) is 4.07. The van der Waals surface area contributed by atoms with Gasteiger partial charge in [-0.05, 0) is 43.7 Å². The van der Waals surface area contributed by atoms with Crippen molar-refractivity contribution >= 4 is 24.4 Å². The van der Waals surface area contributed by atoms with E-state index in [1.165, 1.54) is 0 Å². The molecule has 0 radical (unpaired) electrons. The molecular formula is C19H18N2O3S. The number of hydrogen-bond donors (Lipinski definition) is 2. The highest BCUT2D eigenvalue weighted by molar-refractivity contribution is 7.80. The highest BCUT2D eigenvalue weighted by Crippen LogP contribution is 2.31. The van der Waals surface area contributed by atoms with Gasteiger partial charge in [0.05, 0.1) is 0 Å². The van der Waals surface area contributed by atoms with Crippen molar-refractivity contribution in [1.29, 1.82) is 0 Å². The van der Waals surface area contributed by atoms with Crippen LogP contribution < -0.4 is 5.32 Å². The standard InChI is InChI=1S/C19H18N2O3S/c1-12-17(18(24-21-12)15-8-10-16(25)11-9-15)20-19(22)23-13(2)14-6-4-3-5-7-14/h3-11,13,25H,1-2H3,(H,20,22)/t13-/m1/s1. The maximum atomic E-state index is 12.3. The second-order valence-corrected chi connectivity index (χ2v) is 6.12. The number of aromatic nitrogens is 1. The van der Waals surface area contributed by atoms with E-state index in [0.29, 0.717) is 17.1 Å². The van der Waals surface area contributed by atoms with Gasteiger partial charge in [0.15, 0.2) is 5.76 Å². The van der Waals surface area contributed by atoms with E-state index in [0.717, 1.165) is 16.0 Å². The molecule has 0 bridgehead atoms. The van der Waals surface area contributed by atoms with Crippen molar-refractivity contribution in [2.45, 2.75) is 24.8 Å². The molecule has 1 aromatic heterocycles. The molecule has 0 spiro atoms. The predicted octanol–water partition coefficient (Wildman–Crippen LogP) is 5.25. The fourth-order valence-corrected chi connectivity index (χ4v) is 2.56. The van der Waals surface area contributed by atoms with Crippen LogP contribution in [0, 0.1) is 6.92 Å². The molecule has 0 unspecified atom stereocenters. The topological polar surface area (TPSA) is 64.4 Å². The lowest BCUT2D eigenvalue weighted by Crippen LogP contribution is -2.16. The molecule has 0 fully saturated rings. The van der Waals surface area contributed by atoms with Gasteiger partial charge in [-0.3, -0.25) is 5.32 Å². The molecule has 2 aromatic carbocycles. The number of amides is 1. The molecule has 1 atom stereocenters. The van der Waals surface area contributed by atoms with Gasteiger partial charge in [-0.25, -0.2) is 4.79 Å². The summed E-state index contributed by atoms with van der Waals surface area (Å²) in [5.41, 5.74) is 2.79. The molecule has 0 saturated carbocycles. The molecule has 5 nitrogen and oxygen atoms in total. The summed E-state index contributed by atoms with van der Waals surface area (Å²) in [5, 5.41) is 6.68. The lowest BCUT2D eigenvalue weighted by atomic mass is 10.1. The monoisotopic (exact) mass is 354 g/mol. The van der Waals surface area contributed by atoms with E-state index in [1.807, 2.05) is 61.5 Å². The summed E-state index contributed by atoms with van der Waals surface area (Å²) in [5.74, 6) is 0.482. The minimum absolute atomic E-state index is 0.367. The highest BCUT2D eigenvalue weighted by Gasteiger charge is 2.19. The van der Waals surface area contributed by atoms with E-state index in [2.05, 4.69) is 23.1 Å². The summed E-state index contributed by atoms with van der Waals surface area (Å²) >= 11 is 4.27. The molecule has 1 heterocycles. The van der Waals surface area contributed by atoms with Crippen LogP contribution in [0.4, 0.5) is 10.5 Å². The Kier molecular flexibility index (Phi) is 5.09. The van der Waals surface area contributed by atoms with Gasteiger partial charge in [0.25, 0.3) is 0 Å². The summed E-state index contributed by atoms with van der Waals surface area (Å²) in [6.07, 6.45) is -0.928. The zero-order valence-corrected chi connectivity index (χ0v) is 14.8. The number of benzene rings is 2. The van der Waals surface area contributed by atoms with Gasteiger partial charge in [0, 0.05) is 10.5 Å². The number of nitrogens with one attached hydrogen (secondary N) is 1. The Morgan fingerprint density at radius 1 is 1.16 bits per heavy atom. The number of carbonyl (C=O) groups excluding carboxylic acids is 1. The molecule has 1 amide bonds. The minimum atomic E-state index is -0.560. The van der Waals surface area contributed by atoms with E-state index in [1.54, 1.807) is 6.92 Å². The fourth-order valence-electron chi connectivity index (χ4n) is 2.41. The highest BCUT2D eigenvalue weighted by atomic mass is 32.1. The molecule has 3 aromatic rings. The zero-order chi connectivity index (χ0) is 17.8. The number of nitrogens with zero attached hydrogens (tertiary/aromatic N) is 1. The molecule has 0 aliphatic rings. The Hall–Kier alpha value is -2.73. The Balaban J connectivity index is 1.75. The van der Waals surface area contributed by atoms with Gasteiger partial charge in [0.2, 0.25) is 0 Å². The third-order valence-electron chi connectivity index (χ3n) is 3.77. The lowest BCUT2D eigenvalue weighted by Gasteiger charge is -2.14. The number of ether oxygens (including phenoxy) is 1. The zero-order valence-electron chi connectivity index (χ0n) is 13.9. The van der Waals surface area contributed by atoms with Gasteiger partial charge >= 0.3 is 6.09 Å². The van der Waals surface area contributed by atoms with Crippen LogP contribution in [0.25, 0.3) is 11.3 Å². The maximum absolute atomic E-state index is 12.3. The Morgan fingerprint density at radius 3 is 2.52 bits per heavy atom. The number of aryl methyl sites for hydroxylation is 1. The van der Waals surface area contributed by atoms with Crippen LogP contribution in [0.5, 0.6) is 0 Å². The molecule has 128 valence electrons. The van der Waals surface area contributed by atoms with Crippen LogP contribution in [-0.4, -0.2) is 11.2 Å². The van der Waals surface area contributed by atoms with Crippen LogP contribution in [0.2, 0.25) is 0 Å².